The topological polar surface area (TPSA) is 67.0 Å². The second-order valence-electron chi connectivity index (χ2n) is 4.24. The number of amides is 1. The number of hydrogen-bond donors (Lipinski definition) is 2. The lowest BCUT2D eigenvalue weighted by atomic mass is 10.1. The molecule has 2 N–H and O–H groups in total. The fourth-order valence-corrected chi connectivity index (χ4v) is 2.05. The first-order valence-corrected chi connectivity index (χ1v) is 6.72. The molecule has 1 heterocycles. The summed E-state index contributed by atoms with van der Waals surface area (Å²) in [5.74, 6) is 1.09. The molecule has 20 heavy (non-hydrogen) atoms. The highest BCUT2D eigenvalue weighted by Crippen LogP contribution is 2.27. The van der Waals surface area contributed by atoms with E-state index in [0.29, 0.717) is 22.3 Å². The standard InChI is InChI=1S/C14H16ClN3O2/c1-3-11-12(8-13(19)16-2)17-18-14(11)20-10-6-4-5-9(15)7-10/h4-7H,3,8H2,1-2H3,(H,16,19)(H,17,18). The zero-order valence-electron chi connectivity index (χ0n) is 11.4. The summed E-state index contributed by atoms with van der Waals surface area (Å²) in [5, 5.41) is 10.2. The van der Waals surface area contributed by atoms with Crippen molar-refractivity contribution in [3.05, 3.63) is 40.5 Å². The molecule has 0 aliphatic rings. The Morgan fingerprint density at radius 2 is 2.30 bits per heavy atom. The zero-order chi connectivity index (χ0) is 14.5. The Kier molecular flexibility index (Phi) is 4.63. The van der Waals surface area contributed by atoms with Crippen LogP contribution in [0.25, 0.3) is 0 Å². The van der Waals surface area contributed by atoms with Crippen LogP contribution < -0.4 is 10.1 Å². The summed E-state index contributed by atoms with van der Waals surface area (Å²) in [6.45, 7) is 1.99. The Morgan fingerprint density at radius 3 is 2.95 bits per heavy atom. The van der Waals surface area contributed by atoms with Crippen LogP contribution >= 0.6 is 11.6 Å². The quantitative estimate of drug-likeness (QED) is 0.891. The predicted molar refractivity (Wildman–Crippen MR) is 77.3 cm³/mol. The van der Waals surface area contributed by atoms with Gasteiger partial charge in [0.2, 0.25) is 11.8 Å². The Morgan fingerprint density at radius 1 is 1.50 bits per heavy atom. The van der Waals surface area contributed by atoms with E-state index >= 15 is 0 Å². The van der Waals surface area contributed by atoms with Gasteiger partial charge in [0.15, 0.2) is 0 Å². The number of nitrogens with zero attached hydrogens (tertiary/aromatic N) is 1. The van der Waals surface area contributed by atoms with Gasteiger partial charge in [0.1, 0.15) is 5.75 Å². The maximum atomic E-state index is 11.4. The van der Waals surface area contributed by atoms with Gasteiger partial charge in [0.05, 0.1) is 12.1 Å². The van der Waals surface area contributed by atoms with E-state index in [1.54, 1.807) is 19.2 Å². The lowest BCUT2D eigenvalue weighted by molar-refractivity contribution is -0.120. The van der Waals surface area contributed by atoms with Gasteiger partial charge < -0.3 is 10.1 Å². The van der Waals surface area contributed by atoms with Crippen molar-refractivity contribution < 1.29 is 9.53 Å². The van der Waals surface area contributed by atoms with Crippen LogP contribution in [0.4, 0.5) is 0 Å². The molecule has 0 fully saturated rings. The van der Waals surface area contributed by atoms with E-state index in [2.05, 4.69) is 15.5 Å². The fraction of sp³-hybridized carbons (Fsp3) is 0.286. The second-order valence-corrected chi connectivity index (χ2v) is 4.68. The number of carbonyl (C=O) groups excluding carboxylic acids is 1. The van der Waals surface area contributed by atoms with Crippen molar-refractivity contribution in [1.29, 1.82) is 0 Å². The molecular weight excluding hydrogens is 278 g/mol. The third kappa shape index (κ3) is 3.30. The first-order valence-electron chi connectivity index (χ1n) is 6.34. The van der Waals surface area contributed by atoms with E-state index in [9.17, 15) is 4.79 Å². The number of benzene rings is 1. The summed E-state index contributed by atoms with van der Waals surface area (Å²) in [6.07, 6.45) is 0.952. The zero-order valence-corrected chi connectivity index (χ0v) is 12.1. The highest BCUT2D eigenvalue weighted by Gasteiger charge is 2.15. The van der Waals surface area contributed by atoms with Gasteiger partial charge in [-0.15, -0.1) is 0 Å². The Balaban J connectivity index is 2.22. The fourth-order valence-electron chi connectivity index (χ4n) is 1.87. The summed E-state index contributed by atoms with van der Waals surface area (Å²) in [5.41, 5.74) is 1.59. The average molecular weight is 294 g/mol. The van der Waals surface area contributed by atoms with Crippen molar-refractivity contribution in [1.82, 2.24) is 15.5 Å². The van der Waals surface area contributed by atoms with Crippen molar-refractivity contribution in [3.8, 4) is 11.6 Å². The van der Waals surface area contributed by atoms with Crippen LogP contribution in [-0.2, 0) is 17.6 Å². The molecule has 2 rings (SSSR count). The Hall–Kier alpha value is -2.01. The molecule has 106 valence electrons. The van der Waals surface area contributed by atoms with Crippen molar-refractivity contribution >= 4 is 17.5 Å². The molecule has 0 aliphatic carbocycles. The van der Waals surface area contributed by atoms with Crippen molar-refractivity contribution in [2.24, 2.45) is 0 Å². The number of rotatable bonds is 5. The molecule has 0 aliphatic heterocycles. The highest BCUT2D eigenvalue weighted by molar-refractivity contribution is 6.30. The highest BCUT2D eigenvalue weighted by atomic mass is 35.5. The van der Waals surface area contributed by atoms with Crippen LogP contribution in [0.3, 0.4) is 0 Å². The molecule has 0 atom stereocenters. The van der Waals surface area contributed by atoms with Gasteiger partial charge >= 0.3 is 0 Å². The molecular formula is C14H16ClN3O2. The number of ether oxygens (including phenoxy) is 1. The minimum atomic E-state index is -0.0829. The van der Waals surface area contributed by atoms with Crippen LogP contribution in [0, 0.1) is 0 Å². The molecule has 0 bridgehead atoms. The van der Waals surface area contributed by atoms with Crippen molar-refractivity contribution in [2.75, 3.05) is 7.05 Å². The normalized spacial score (nSPS) is 10.3. The van der Waals surface area contributed by atoms with E-state index in [0.717, 1.165) is 12.0 Å². The number of H-pyrrole nitrogens is 1. The predicted octanol–water partition coefficient (Wildman–Crippen LogP) is 2.71. The molecule has 1 aromatic carbocycles. The third-order valence-electron chi connectivity index (χ3n) is 2.89. The molecule has 6 heteroatoms. The minimum Gasteiger partial charge on any atom is -0.439 e. The summed E-state index contributed by atoms with van der Waals surface area (Å²) >= 11 is 5.92. The number of aromatic nitrogens is 2. The van der Waals surface area contributed by atoms with Crippen LogP contribution in [0.1, 0.15) is 18.2 Å². The van der Waals surface area contributed by atoms with Crippen molar-refractivity contribution in [3.63, 3.8) is 0 Å². The molecule has 0 unspecified atom stereocenters. The largest absolute Gasteiger partial charge is 0.439 e. The van der Waals surface area contributed by atoms with Gasteiger partial charge in [-0.05, 0) is 24.6 Å². The molecule has 0 saturated heterocycles. The Labute approximate surface area is 122 Å². The van der Waals surface area contributed by atoms with Gasteiger partial charge in [0.25, 0.3) is 0 Å². The minimum absolute atomic E-state index is 0.0829. The first-order chi connectivity index (χ1) is 9.63. The van der Waals surface area contributed by atoms with Gasteiger partial charge in [-0.25, -0.2) is 5.10 Å². The molecule has 5 nitrogen and oxygen atoms in total. The van der Waals surface area contributed by atoms with E-state index < -0.39 is 0 Å². The smallest absolute Gasteiger partial charge is 0.225 e. The third-order valence-corrected chi connectivity index (χ3v) is 3.13. The molecule has 2 aromatic rings. The molecule has 0 radical (unpaired) electrons. The summed E-state index contributed by atoms with van der Waals surface area (Å²) in [6, 6.07) is 7.12. The lowest BCUT2D eigenvalue weighted by Gasteiger charge is -2.06. The van der Waals surface area contributed by atoms with Crippen LogP contribution in [0.2, 0.25) is 5.02 Å². The van der Waals surface area contributed by atoms with Crippen LogP contribution in [0.15, 0.2) is 24.3 Å². The lowest BCUT2D eigenvalue weighted by Crippen LogP contribution is -2.20. The summed E-state index contributed by atoms with van der Waals surface area (Å²) < 4.78 is 5.74. The number of hydrogen-bond acceptors (Lipinski definition) is 3. The van der Waals surface area contributed by atoms with Crippen LogP contribution in [0.5, 0.6) is 11.6 Å². The van der Waals surface area contributed by atoms with Gasteiger partial charge in [-0.3, -0.25) is 4.79 Å². The summed E-state index contributed by atoms with van der Waals surface area (Å²) in [4.78, 5) is 11.4. The van der Waals surface area contributed by atoms with Crippen LogP contribution in [-0.4, -0.2) is 23.2 Å². The number of halogens is 1. The van der Waals surface area contributed by atoms with Gasteiger partial charge in [-0.2, -0.15) is 5.10 Å². The molecule has 1 amide bonds. The van der Waals surface area contributed by atoms with Crippen molar-refractivity contribution in [2.45, 2.75) is 19.8 Å². The maximum absolute atomic E-state index is 11.4. The van der Waals surface area contributed by atoms with Gasteiger partial charge in [0, 0.05) is 17.6 Å². The SMILES string of the molecule is CCc1c(CC(=O)NC)n[nH]c1Oc1cccc(Cl)c1. The monoisotopic (exact) mass is 293 g/mol. The number of nitrogens with one attached hydrogen (secondary N) is 2. The number of aromatic amines is 1. The average Bonchev–Trinajstić information content (AvgIpc) is 2.80. The molecule has 1 aromatic heterocycles. The summed E-state index contributed by atoms with van der Waals surface area (Å²) in [7, 11) is 1.60. The van der Waals surface area contributed by atoms with E-state index in [1.165, 1.54) is 0 Å². The molecule has 0 spiro atoms. The number of likely N-dealkylation sites (N-methyl/N-ethyl adjacent to an activating group) is 1. The Bertz CT molecular complexity index is 610. The second kappa shape index (κ2) is 6.43. The number of carbonyl (C=O) groups is 1. The first kappa shape index (κ1) is 14.4. The van der Waals surface area contributed by atoms with E-state index in [-0.39, 0.29) is 12.3 Å². The van der Waals surface area contributed by atoms with E-state index in [1.807, 2.05) is 19.1 Å². The van der Waals surface area contributed by atoms with Gasteiger partial charge in [-0.1, -0.05) is 24.6 Å². The van der Waals surface area contributed by atoms with E-state index in [4.69, 9.17) is 16.3 Å². The molecule has 0 saturated carbocycles. The maximum Gasteiger partial charge on any atom is 0.225 e.